The van der Waals surface area contributed by atoms with E-state index in [0.717, 1.165) is 32.6 Å². The molecule has 4 heteroatoms. The lowest BCUT2D eigenvalue weighted by molar-refractivity contribution is -0.128. The number of nitrogens with one attached hydrogen (secondary N) is 1. The van der Waals surface area contributed by atoms with Crippen molar-refractivity contribution in [1.82, 2.24) is 10.2 Å². The van der Waals surface area contributed by atoms with E-state index in [2.05, 4.69) is 19.2 Å². The third-order valence-electron chi connectivity index (χ3n) is 2.96. The SMILES string of the molecule is CCCN(CC)C(=O)CSC1CCNCC1. The van der Waals surface area contributed by atoms with Gasteiger partial charge in [-0.05, 0) is 39.3 Å². The molecule has 1 N–H and O–H groups in total. The number of hydrogen-bond acceptors (Lipinski definition) is 3. The Morgan fingerprint density at radius 2 is 2.06 bits per heavy atom. The first-order valence-electron chi connectivity index (χ1n) is 6.38. The Labute approximate surface area is 103 Å². The zero-order chi connectivity index (χ0) is 11.8. The Balaban J connectivity index is 2.21. The molecule has 0 spiro atoms. The van der Waals surface area contributed by atoms with Crippen LogP contribution in [0.2, 0.25) is 0 Å². The molecule has 1 amide bonds. The highest BCUT2D eigenvalue weighted by Crippen LogP contribution is 2.20. The van der Waals surface area contributed by atoms with E-state index in [9.17, 15) is 4.79 Å². The molecule has 0 aromatic rings. The molecule has 0 aromatic heterocycles. The van der Waals surface area contributed by atoms with Gasteiger partial charge < -0.3 is 10.2 Å². The van der Waals surface area contributed by atoms with Crippen molar-refractivity contribution in [1.29, 1.82) is 0 Å². The number of carbonyl (C=O) groups is 1. The van der Waals surface area contributed by atoms with Crippen molar-refractivity contribution in [3.8, 4) is 0 Å². The Kier molecular flexibility index (Phi) is 6.88. The van der Waals surface area contributed by atoms with Crippen LogP contribution in [0.5, 0.6) is 0 Å². The Hall–Kier alpha value is -0.220. The quantitative estimate of drug-likeness (QED) is 0.772. The zero-order valence-electron chi connectivity index (χ0n) is 10.5. The van der Waals surface area contributed by atoms with Gasteiger partial charge in [0.25, 0.3) is 0 Å². The minimum Gasteiger partial charge on any atom is -0.342 e. The molecule has 1 rings (SSSR count). The van der Waals surface area contributed by atoms with E-state index in [4.69, 9.17) is 0 Å². The summed E-state index contributed by atoms with van der Waals surface area (Å²) in [4.78, 5) is 13.9. The van der Waals surface area contributed by atoms with E-state index in [0.29, 0.717) is 16.9 Å². The number of nitrogens with zero attached hydrogens (tertiary/aromatic N) is 1. The molecule has 1 fully saturated rings. The van der Waals surface area contributed by atoms with Gasteiger partial charge in [-0.25, -0.2) is 0 Å². The number of carbonyl (C=O) groups excluding carboxylic acids is 1. The van der Waals surface area contributed by atoms with Crippen LogP contribution in [0.15, 0.2) is 0 Å². The molecule has 0 bridgehead atoms. The van der Waals surface area contributed by atoms with Gasteiger partial charge >= 0.3 is 0 Å². The van der Waals surface area contributed by atoms with E-state index < -0.39 is 0 Å². The van der Waals surface area contributed by atoms with Crippen LogP contribution < -0.4 is 5.32 Å². The normalized spacial score (nSPS) is 17.4. The van der Waals surface area contributed by atoms with E-state index in [1.54, 1.807) is 0 Å². The van der Waals surface area contributed by atoms with Crippen molar-refractivity contribution in [2.45, 2.75) is 38.4 Å². The zero-order valence-corrected chi connectivity index (χ0v) is 11.3. The van der Waals surface area contributed by atoms with Gasteiger partial charge in [0.15, 0.2) is 0 Å². The Morgan fingerprint density at radius 1 is 1.38 bits per heavy atom. The van der Waals surface area contributed by atoms with Gasteiger partial charge in [0.2, 0.25) is 5.91 Å². The summed E-state index contributed by atoms with van der Waals surface area (Å²) in [6.07, 6.45) is 3.47. The summed E-state index contributed by atoms with van der Waals surface area (Å²) in [6, 6.07) is 0. The fourth-order valence-corrected chi connectivity index (χ4v) is 3.10. The molecular formula is C12H24N2OS. The lowest BCUT2D eigenvalue weighted by atomic mass is 10.2. The van der Waals surface area contributed by atoms with Crippen LogP contribution in [0.1, 0.15) is 33.1 Å². The first-order chi connectivity index (χ1) is 7.77. The largest absolute Gasteiger partial charge is 0.342 e. The van der Waals surface area contributed by atoms with Crippen molar-refractivity contribution in [3.63, 3.8) is 0 Å². The third-order valence-corrected chi connectivity index (χ3v) is 4.31. The van der Waals surface area contributed by atoms with Crippen molar-refractivity contribution in [3.05, 3.63) is 0 Å². The van der Waals surface area contributed by atoms with Gasteiger partial charge in [-0.15, -0.1) is 11.8 Å². The summed E-state index contributed by atoms with van der Waals surface area (Å²) in [5, 5.41) is 4.03. The van der Waals surface area contributed by atoms with Gasteiger partial charge in [0.1, 0.15) is 0 Å². The highest BCUT2D eigenvalue weighted by Gasteiger charge is 2.17. The molecule has 0 atom stereocenters. The molecule has 0 aliphatic carbocycles. The van der Waals surface area contributed by atoms with Crippen molar-refractivity contribution in [2.75, 3.05) is 31.9 Å². The summed E-state index contributed by atoms with van der Waals surface area (Å²) >= 11 is 1.84. The van der Waals surface area contributed by atoms with Crippen LogP contribution in [0.3, 0.4) is 0 Å². The number of hydrogen-bond donors (Lipinski definition) is 1. The topological polar surface area (TPSA) is 32.3 Å². The predicted octanol–water partition coefficient (Wildman–Crippen LogP) is 1.73. The third kappa shape index (κ3) is 4.74. The van der Waals surface area contributed by atoms with Crippen LogP contribution >= 0.6 is 11.8 Å². The molecule has 1 saturated heterocycles. The van der Waals surface area contributed by atoms with Gasteiger partial charge in [-0.2, -0.15) is 0 Å². The highest BCUT2D eigenvalue weighted by molar-refractivity contribution is 8.00. The molecule has 0 radical (unpaired) electrons. The maximum absolute atomic E-state index is 11.9. The van der Waals surface area contributed by atoms with Gasteiger partial charge in [0.05, 0.1) is 5.75 Å². The van der Waals surface area contributed by atoms with Crippen LogP contribution in [-0.2, 0) is 4.79 Å². The first-order valence-corrected chi connectivity index (χ1v) is 7.42. The number of rotatable bonds is 6. The summed E-state index contributed by atoms with van der Waals surface area (Å²) in [5.41, 5.74) is 0. The Morgan fingerprint density at radius 3 is 2.62 bits per heavy atom. The van der Waals surface area contributed by atoms with E-state index in [1.165, 1.54) is 12.8 Å². The van der Waals surface area contributed by atoms with Crippen LogP contribution in [0.4, 0.5) is 0 Å². The minimum atomic E-state index is 0.313. The number of piperidine rings is 1. The summed E-state index contributed by atoms with van der Waals surface area (Å²) in [7, 11) is 0. The number of amides is 1. The Bertz CT molecular complexity index is 205. The fraction of sp³-hybridized carbons (Fsp3) is 0.917. The second kappa shape index (κ2) is 7.96. The van der Waals surface area contributed by atoms with Gasteiger partial charge in [-0.1, -0.05) is 6.92 Å². The van der Waals surface area contributed by atoms with Crippen molar-refractivity contribution in [2.24, 2.45) is 0 Å². The monoisotopic (exact) mass is 244 g/mol. The average molecular weight is 244 g/mol. The molecule has 16 heavy (non-hydrogen) atoms. The van der Waals surface area contributed by atoms with E-state index in [1.807, 2.05) is 16.7 Å². The molecule has 0 saturated carbocycles. The van der Waals surface area contributed by atoms with Crippen LogP contribution in [-0.4, -0.2) is 48.0 Å². The molecule has 1 heterocycles. The minimum absolute atomic E-state index is 0.313. The summed E-state index contributed by atoms with van der Waals surface area (Å²) in [6.45, 7) is 8.15. The molecule has 0 unspecified atom stereocenters. The van der Waals surface area contributed by atoms with Crippen molar-refractivity contribution >= 4 is 17.7 Å². The first kappa shape index (κ1) is 13.8. The lowest BCUT2D eigenvalue weighted by Crippen LogP contribution is -2.34. The van der Waals surface area contributed by atoms with Gasteiger partial charge in [0, 0.05) is 18.3 Å². The predicted molar refractivity (Wildman–Crippen MR) is 70.9 cm³/mol. The molecule has 1 aliphatic heterocycles. The van der Waals surface area contributed by atoms with E-state index >= 15 is 0 Å². The fourth-order valence-electron chi connectivity index (χ4n) is 1.97. The smallest absolute Gasteiger partial charge is 0.232 e. The van der Waals surface area contributed by atoms with E-state index in [-0.39, 0.29) is 0 Å². The molecule has 0 aromatic carbocycles. The standard InChI is InChI=1S/C12H24N2OS/c1-3-9-14(4-2)12(15)10-16-11-5-7-13-8-6-11/h11,13H,3-10H2,1-2H3. The maximum Gasteiger partial charge on any atom is 0.232 e. The maximum atomic E-state index is 11.9. The average Bonchev–Trinajstić information content (AvgIpc) is 2.34. The summed E-state index contributed by atoms with van der Waals surface area (Å²) < 4.78 is 0. The highest BCUT2D eigenvalue weighted by atomic mass is 32.2. The second-order valence-electron chi connectivity index (χ2n) is 4.23. The molecular weight excluding hydrogens is 220 g/mol. The van der Waals surface area contributed by atoms with Gasteiger partial charge in [-0.3, -0.25) is 4.79 Å². The molecule has 3 nitrogen and oxygen atoms in total. The summed E-state index contributed by atoms with van der Waals surface area (Å²) in [5.74, 6) is 0.978. The van der Waals surface area contributed by atoms with Crippen molar-refractivity contribution < 1.29 is 4.79 Å². The lowest BCUT2D eigenvalue weighted by Gasteiger charge is -2.24. The number of thioether (sulfide) groups is 1. The molecule has 94 valence electrons. The van der Waals surface area contributed by atoms with Crippen LogP contribution in [0.25, 0.3) is 0 Å². The molecule has 1 aliphatic rings. The second-order valence-corrected chi connectivity index (χ2v) is 5.52. The van der Waals surface area contributed by atoms with Crippen LogP contribution in [0, 0.1) is 0 Å².